The Morgan fingerprint density at radius 1 is 0.930 bits per heavy atom. The van der Waals surface area contributed by atoms with Crippen LogP contribution >= 0.6 is 23.2 Å². The third-order valence-electron chi connectivity index (χ3n) is 6.91. The molecular weight excluding hydrogens is 605 g/mol. The fourth-order valence-electron chi connectivity index (χ4n) is 4.74. The molecule has 1 N–H and O–H groups in total. The Morgan fingerprint density at radius 2 is 1.58 bits per heavy atom. The van der Waals surface area contributed by atoms with E-state index in [2.05, 4.69) is 5.32 Å². The number of carbonyl (C=O) groups excluding carboxylic acids is 2. The van der Waals surface area contributed by atoms with Gasteiger partial charge in [-0.1, -0.05) is 78.7 Å². The Balaban J connectivity index is 1.92. The van der Waals surface area contributed by atoms with Crippen molar-refractivity contribution in [2.45, 2.75) is 71.5 Å². The number of anilines is 1. The normalized spacial score (nSPS) is 12.4. The van der Waals surface area contributed by atoms with Crippen LogP contribution < -0.4 is 9.62 Å². The van der Waals surface area contributed by atoms with Gasteiger partial charge in [0.25, 0.3) is 0 Å². The summed E-state index contributed by atoms with van der Waals surface area (Å²) < 4.78 is 26.7. The fraction of sp³-hybridized carbons (Fsp3) is 0.394. The molecule has 0 fully saturated rings. The highest BCUT2D eigenvalue weighted by molar-refractivity contribution is 7.92. The van der Waals surface area contributed by atoms with E-state index in [1.54, 1.807) is 35.2 Å². The highest BCUT2D eigenvalue weighted by atomic mass is 35.5. The van der Waals surface area contributed by atoms with Gasteiger partial charge in [0.2, 0.25) is 21.8 Å². The fourth-order valence-corrected chi connectivity index (χ4v) is 6.18. The minimum Gasteiger partial charge on any atom is -0.350 e. The Morgan fingerprint density at radius 3 is 2.14 bits per heavy atom. The molecule has 43 heavy (non-hydrogen) atoms. The van der Waals surface area contributed by atoms with E-state index in [4.69, 9.17) is 23.2 Å². The van der Waals surface area contributed by atoms with Crippen LogP contribution in [0.4, 0.5) is 5.69 Å². The summed E-state index contributed by atoms with van der Waals surface area (Å²) in [5.74, 6) is -0.575. The lowest BCUT2D eigenvalue weighted by molar-refractivity contribution is -0.142. The average Bonchev–Trinajstić information content (AvgIpc) is 2.93. The summed E-state index contributed by atoms with van der Waals surface area (Å²) in [5.41, 5.74) is 2.66. The first-order chi connectivity index (χ1) is 20.2. The number of rotatable bonds is 13. The molecule has 0 bridgehead atoms. The van der Waals surface area contributed by atoms with Crippen molar-refractivity contribution in [1.29, 1.82) is 0 Å². The average molecular weight is 647 g/mol. The molecule has 1 atom stereocenters. The van der Waals surface area contributed by atoms with Crippen molar-refractivity contribution in [3.8, 4) is 0 Å². The zero-order valence-electron chi connectivity index (χ0n) is 25.4. The maximum atomic E-state index is 14.0. The largest absolute Gasteiger partial charge is 0.350 e. The Labute approximate surface area is 266 Å². The first kappa shape index (κ1) is 34.4. The van der Waals surface area contributed by atoms with E-state index in [0.717, 1.165) is 23.8 Å². The monoisotopic (exact) mass is 645 g/mol. The van der Waals surface area contributed by atoms with Gasteiger partial charge >= 0.3 is 0 Å². The van der Waals surface area contributed by atoms with Gasteiger partial charge in [0.05, 0.1) is 11.9 Å². The van der Waals surface area contributed by atoms with Crippen molar-refractivity contribution in [2.24, 2.45) is 0 Å². The van der Waals surface area contributed by atoms with Gasteiger partial charge in [-0.15, -0.1) is 0 Å². The molecule has 0 aliphatic carbocycles. The van der Waals surface area contributed by atoms with E-state index in [1.807, 2.05) is 70.2 Å². The number of sulfonamides is 1. The summed E-state index contributed by atoms with van der Waals surface area (Å²) in [7, 11) is -3.59. The van der Waals surface area contributed by atoms with Gasteiger partial charge in [0.15, 0.2) is 0 Å². The molecule has 0 saturated carbocycles. The lowest BCUT2D eigenvalue weighted by atomic mass is 10.00. The van der Waals surface area contributed by atoms with Crippen LogP contribution in [0.15, 0.2) is 72.8 Å². The third-order valence-corrected chi connectivity index (χ3v) is 8.69. The highest BCUT2D eigenvalue weighted by Crippen LogP contribution is 2.25. The molecule has 0 aromatic heterocycles. The zero-order chi connectivity index (χ0) is 31.8. The molecule has 2 amide bonds. The third kappa shape index (κ3) is 10.6. The van der Waals surface area contributed by atoms with Crippen molar-refractivity contribution in [3.63, 3.8) is 0 Å². The van der Waals surface area contributed by atoms with Crippen LogP contribution in [0.1, 0.15) is 57.2 Å². The summed E-state index contributed by atoms with van der Waals surface area (Å²) in [6, 6.07) is 21.1. The first-order valence-electron chi connectivity index (χ1n) is 14.3. The molecule has 232 valence electrons. The Hall–Kier alpha value is -3.07. The van der Waals surface area contributed by atoms with Crippen molar-refractivity contribution >= 4 is 50.7 Å². The quantitative estimate of drug-likeness (QED) is 0.225. The molecule has 0 spiro atoms. The van der Waals surface area contributed by atoms with Crippen LogP contribution in [0.5, 0.6) is 0 Å². The summed E-state index contributed by atoms with van der Waals surface area (Å²) in [6.07, 6.45) is 2.57. The van der Waals surface area contributed by atoms with Crippen LogP contribution in [0, 0.1) is 0 Å². The summed E-state index contributed by atoms with van der Waals surface area (Å²) in [5, 5.41) is 3.89. The minimum atomic E-state index is -3.59. The number of hydrogen-bond acceptors (Lipinski definition) is 4. The molecule has 3 aromatic rings. The van der Waals surface area contributed by atoms with E-state index in [1.165, 1.54) is 4.31 Å². The molecule has 0 aliphatic rings. The molecule has 0 aliphatic heterocycles. The van der Waals surface area contributed by atoms with Crippen LogP contribution in [-0.2, 0) is 39.0 Å². The van der Waals surface area contributed by atoms with Crippen LogP contribution in [0.3, 0.4) is 0 Å². The highest BCUT2D eigenvalue weighted by Gasteiger charge is 2.32. The van der Waals surface area contributed by atoms with Gasteiger partial charge in [-0.3, -0.25) is 13.9 Å². The Kier molecular flexibility index (Phi) is 12.1. The second kappa shape index (κ2) is 15.1. The summed E-state index contributed by atoms with van der Waals surface area (Å²) >= 11 is 12.6. The lowest BCUT2D eigenvalue weighted by Crippen LogP contribution is -2.54. The van der Waals surface area contributed by atoms with Crippen LogP contribution in [-0.4, -0.2) is 49.5 Å². The lowest BCUT2D eigenvalue weighted by Gasteiger charge is -2.34. The van der Waals surface area contributed by atoms with Gasteiger partial charge in [-0.05, 0) is 74.6 Å². The Bertz CT molecular complexity index is 1490. The molecule has 0 heterocycles. The van der Waals surface area contributed by atoms with E-state index in [-0.39, 0.29) is 37.7 Å². The van der Waals surface area contributed by atoms with E-state index in [9.17, 15) is 18.0 Å². The SMILES string of the molecule is CCc1ccc(N(CCCC(=O)N(Cc2ccc(Cl)cc2Cl)[C@H](Cc2ccccc2)C(=O)NC(C)(C)C)S(C)(=O)=O)cc1. The van der Waals surface area contributed by atoms with Crippen molar-refractivity contribution < 1.29 is 18.0 Å². The number of halogens is 2. The first-order valence-corrected chi connectivity index (χ1v) is 16.9. The number of nitrogens with zero attached hydrogens (tertiary/aromatic N) is 2. The van der Waals surface area contributed by atoms with Gasteiger partial charge < -0.3 is 10.2 Å². The minimum absolute atomic E-state index is 0.0262. The number of aryl methyl sites for hydroxylation is 1. The number of benzene rings is 3. The molecule has 10 heteroatoms. The molecule has 3 rings (SSSR count). The maximum absolute atomic E-state index is 14.0. The van der Waals surface area contributed by atoms with E-state index in [0.29, 0.717) is 27.7 Å². The molecule has 7 nitrogen and oxygen atoms in total. The second-order valence-corrected chi connectivity index (χ2v) is 14.4. The van der Waals surface area contributed by atoms with E-state index >= 15 is 0 Å². The number of nitrogens with one attached hydrogen (secondary N) is 1. The molecular formula is C33H41Cl2N3O4S. The molecule has 0 unspecified atom stereocenters. The maximum Gasteiger partial charge on any atom is 0.243 e. The van der Waals surface area contributed by atoms with Crippen molar-refractivity contribution in [3.05, 3.63) is 99.5 Å². The van der Waals surface area contributed by atoms with Crippen LogP contribution in [0.25, 0.3) is 0 Å². The molecule has 0 radical (unpaired) electrons. The van der Waals surface area contributed by atoms with Gasteiger partial charge in [0.1, 0.15) is 6.04 Å². The summed E-state index contributed by atoms with van der Waals surface area (Å²) in [6.45, 7) is 7.89. The summed E-state index contributed by atoms with van der Waals surface area (Å²) in [4.78, 5) is 29.3. The van der Waals surface area contributed by atoms with Crippen LogP contribution in [0.2, 0.25) is 10.0 Å². The number of hydrogen-bond donors (Lipinski definition) is 1. The molecule has 3 aromatic carbocycles. The van der Waals surface area contributed by atoms with Gasteiger partial charge in [-0.25, -0.2) is 8.42 Å². The smallest absolute Gasteiger partial charge is 0.243 e. The van der Waals surface area contributed by atoms with Crippen molar-refractivity contribution in [2.75, 3.05) is 17.1 Å². The molecule has 0 saturated heterocycles. The number of carbonyl (C=O) groups is 2. The standard InChI is InChI=1S/C33H41Cl2N3O4S/c1-6-24-14-18-28(19-15-24)38(43(5,41)42)20-10-13-31(39)37(23-26-16-17-27(34)22-29(26)35)30(32(40)36-33(2,3)4)21-25-11-8-7-9-12-25/h7-9,11-12,14-19,22,30H,6,10,13,20-21,23H2,1-5H3,(H,36,40)/t30-/m1/s1. The predicted octanol–water partition coefficient (Wildman–Crippen LogP) is 6.66. The van der Waals surface area contributed by atoms with Crippen molar-refractivity contribution in [1.82, 2.24) is 10.2 Å². The predicted molar refractivity (Wildman–Crippen MR) is 176 cm³/mol. The zero-order valence-corrected chi connectivity index (χ0v) is 27.8. The second-order valence-electron chi connectivity index (χ2n) is 11.7. The topological polar surface area (TPSA) is 86.8 Å². The van der Waals surface area contributed by atoms with Gasteiger partial charge in [-0.2, -0.15) is 0 Å². The number of amides is 2. The van der Waals surface area contributed by atoms with E-state index < -0.39 is 21.6 Å². The van der Waals surface area contributed by atoms with Gasteiger partial charge in [0, 0.05) is 41.5 Å².